The molecule has 7 atom stereocenters. The molecular weight excluding hydrogens is 949 g/mol. The summed E-state index contributed by atoms with van der Waals surface area (Å²) >= 11 is 1.25. The minimum absolute atomic E-state index is 0.00442. The lowest BCUT2D eigenvalue weighted by atomic mass is 9.79. The summed E-state index contributed by atoms with van der Waals surface area (Å²) in [6, 6.07) is 15.2. The molecular formula is C47H54N8O15S. The zero-order valence-electron chi connectivity index (χ0n) is 39.4. The first-order chi connectivity index (χ1) is 33.8. The van der Waals surface area contributed by atoms with Crippen LogP contribution in [0.3, 0.4) is 0 Å². The monoisotopic (exact) mass is 1000 g/mol. The normalized spacial score (nSPS) is 21.9. The number of thioether (sulfide) groups is 1. The Morgan fingerprint density at radius 2 is 1.31 bits per heavy atom. The zero-order chi connectivity index (χ0) is 51.3. The van der Waals surface area contributed by atoms with E-state index in [2.05, 4.69) is 0 Å². The van der Waals surface area contributed by atoms with E-state index in [0.29, 0.717) is 60.7 Å². The molecule has 378 valence electrons. The summed E-state index contributed by atoms with van der Waals surface area (Å²) in [7, 11) is 3.51. The van der Waals surface area contributed by atoms with Gasteiger partial charge in [-0.3, -0.25) is 44.8 Å². The van der Waals surface area contributed by atoms with Crippen LogP contribution in [0.15, 0.2) is 83.4 Å². The zero-order valence-corrected chi connectivity index (χ0v) is 40.2. The fraction of sp³-hybridized carbons (Fsp3) is 0.468. The number of non-ortho nitro benzene ring substituents is 3. The average Bonchev–Trinajstić information content (AvgIpc) is 4.06. The Balaban J connectivity index is 1.01. The lowest BCUT2D eigenvalue weighted by molar-refractivity contribution is -0.385. The molecule has 4 aliphatic heterocycles. The molecule has 7 rings (SSSR count). The average molecular weight is 1000 g/mol. The van der Waals surface area contributed by atoms with Gasteiger partial charge in [-0.05, 0) is 85.8 Å². The maximum absolute atomic E-state index is 14.5. The summed E-state index contributed by atoms with van der Waals surface area (Å²) in [6.07, 6.45) is -1.54. The molecule has 3 fully saturated rings. The second kappa shape index (κ2) is 22.3. The molecule has 24 heteroatoms. The highest BCUT2D eigenvalue weighted by Crippen LogP contribution is 2.52. The van der Waals surface area contributed by atoms with E-state index < -0.39 is 74.1 Å². The number of likely N-dealkylation sites (tertiary alicyclic amines) is 2. The first-order valence-corrected chi connectivity index (χ1v) is 23.8. The van der Waals surface area contributed by atoms with E-state index in [0.717, 1.165) is 0 Å². The molecule has 0 bridgehead atoms. The largest absolute Gasteiger partial charge is 0.456 e. The van der Waals surface area contributed by atoms with Gasteiger partial charge in [0.2, 0.25) is 11.8 Å². The van der Waals surface area contributed by atoms with E-state index in [4.69, 9.17) is 14.2 Å². The van der Waals surface area contributed by atoms with Gasteiger partial charge in [-0.1, -0.05) is 6.92 Å². The van der Waals surface area contributed by atoms with Crippen molar-refractivity contribution in [2.24, 2.45) is 17.8 Å². The number of carbonyl (C=O) groups is 5. The van der Waals surface area contributed by atoms with Crippen LogP contribution in [0.2, 0.25) is 0 Å². The maximum Gasteiger partial charge on any atom is 0.410 e. The number of nitro benzene ring substituents is 3. The Kier molecular flexibility index (Phi) is 16.2. The van der Waals surface area contributed by atoms with Crippen molar-refractivity contribution in [2.45, 2.75) is 69.9 Å². The van der Waals surface area contributed by atoms with Gasteiger partial charge in [0.15, 0.2) is 0 Å². The summed E-state index contributed by atoms with van der Waals surface area (Å²) in [6.45, 7) is 5.05. The second-order valence-corrected chi connectivity index (χ2v) is 19.5. The molecule has 0 spiro atoms. The SMILES string of the molecule is C[C@@H](O)[C@H]1C(=O)N2C(C(=O)OCc3ccc([N+](=O)[O-])cc3)=C(S[C@H]3C[C@@H](C(=O)N4CC[C@H](CN(C)CCN(C)C(=O)OCc5ccc([N+](=O)[O-])cc5)C4)N(C(=O)OCc4ccc([N+](=O)[O-])cc4)C3)[C@H](C)[C@H]12. The smallest absolute Gasteiger partial charge is 0.410 e. The number of hydrogen-bond donors (Lipinski definition) is 1. The number of benzene rings is 3. The Labute approximate surface area is 411 Å². The van der Waals surface area contributed by atoms with Crippen molar-refractivity contribution in [3.8, 4) is 0 Å². The first-order valence-electron chi connectivity index (χ1n) is 22.9. The highest BCUT2D eigenvalue weighted by atomic mass is 32.2. The molecule has 0 radical (unpaired) electrons. The molecule has 1 N–H and O–H groups in total. The molecule has 0 saturated carbocycles. The number of likely N-dealkylation sites (N-methyl/N-ethyl adjacent to an activating group) is 2. The molecule has 0 aromatic heterocycles. The van der Waals surface area contributed by atoms with Crippen LogP contribution in [0, 0.1) is 48.1 Å². The van der Waals surface area contributed by atoms with Crippen LogP contribution in [0.4, 0.5) is 26.7 Å². The van der Waals surface area contributed by atoms with Crippen LogP contribution in [0.5, 0.6) is 0 Å². The summed E-state index contributed by atoms with van der Waals surface area (Å²) in [5.74, 6) is -2.74. The third-order valence-corrected chi connectivity index (χ3v) is 14.7. The lowest BCUT2D eigenvalue weighted by Crippen LogP contribution is -2.63. The van der Waals surface area contributed by atoms with Gasteiger partial charge in [-0.2, -0.15) is 0 Å². The lowest BCUT2D eigenvalue weighted by Gasteiger charge is -2.46. The molecule has 4 heterocycles. The Morgan fingerprint density at radius 3 is 1.83 bits per heavy atom. The fourth-order valence-corrected chi connectivity index (χ4v) is 10.9. The number of fused-ring (bicyclic) bond motifs is 1. The van der Waals surface area contributed by atoms with E-state index >= 15 is 0 Å². The molecule has 23 nitrogen and oxygen atoms in total. The van der Waals surface area contributed by atoms with Crippen molar-refractivity contribution in [1.82, 2.24) is 24.5 Å². The van der Waals surface area contributed by atoms with Gasteiger partial charge in [0.1, 0.15) is 31.6 Å². The quantitative estimate of drug-likeness (QED) is 0.0538. The number of hydrogen-bond acceptors (Lipinski definition) is 17. The van der Waals surface area contributed by atoms with Crippen molar-refractivity contribution in [3.05, 3.63) is 130 Å². The van der Waals surface area contributed by atoms with Gasteiger partial charge in [-0.25, -0.2) is 14.4 Å². The van der Waals surface area contributed by atoms with Gasteiger partial charge in [0.25, 0.3) is 17.1 Å². The topological polar surface area (TPSA) is 279 Å². The molecule has 4 amide bonds. The number of aliphatic hydroxyl groups is 1. The van der Waals surface area contributed by atoms with Gasteiger partial charge < -0.3 is 38.9 Å². The van der Waals surface area contributed by atoms with Gasteiger partial charge >= 0.3 is 18.2 Å². The number of β-lactam (4-membered cyclic amide) rings is 1. The maximum atomic E-state index is 14.5. The number of carbonyl (C=O) groups excluding carboxylic acids is 5. The molecule has 0 aliphatic carbocycles. The molecule has 0 unspecified atom stereocenters. The number of aliphatic hydroxyl groups excluding tert-OH is 1. The minimum atomic E-state index is -1.01. The number of nitrogens with zero attached hydrogens (tertiary/aromatic N) is 8. The van der Waals surface area contributed by atoms with Gasteiger partial charge in [-0.15, -0.1) is 11.8 Å². The highest BCUT2D eigenvalue weighted by Gasteiger charge is 2.61. The fourth-order valence-electron chi connectivity index (χ4n) is 9.35. The third-order valence-electron chi connectivity index (χ3n) is 13.2. The summed E-state index contributed by atoms with van der Waals surface area (Å²) < 4.78 is 16.8. The van der Waals surface area contributed by atoms with Crippen molar-refractivity contribution in [3.63, 3.8) is 0 Å². The minimum Gasteiger partial charge on any atom is -0.456 e. The van der Waals surface area contributed by atoms with Gasteiger partial charge in [0.05, 0.1) is 32.8 Å². The summed E-state index contributed by atoms with van der Waals surface area (Å²) in [5, 5.41) is 43.4. The number of rotatable bonds is 19. The number of ether oxygens (including phenoxy) is 3. The van der Waals surface area contributed by atoms with Gasteiger partial charge in [0, 0.05) is 98.8 Å². The van der Waals surface area contributed by atoms with E-state index in [9.17, 15) is 59.4 Å². The van der Waals surface area contributed by atoms with Crippen molar-refractivity contribution < 1.29 is 58.1 Å². The van der Waals surface area contributed by atoms with Crippen LogP contribution in [0.25, 0.3) is 0 Å². The van der Waals surface area contributed by atoms with Crippen LogP contribution in [-0.4, -0.2) is 151 Å². The van der Waals surface area contributed by atoms with E-state index in [1.807, 2.05) is 18.9 Å². The predicted molar refractivity (Wildman–Crippen MR) is 253 cm³/mol. The van der Waals surface area contributed by atoms with Crippen molar-refractivity contribution >= 4 is 58.8 Å². The van der Waals surface area contributed by atoms with E-state index in [-0.39, 0.29) is 67.4 Å². The van der Waals surface area contributed by atoms with E-state index in [1.165, 1.54) is 106 Å². The predicted octanol–water partition coefficient (Wildman–Crippen LogP) is 5.09. The van der Waals surface area contributed by atoms with Crippen LogP contribution >= 0.6 is 11.8 Å². The molecule has 3 aromatic rings. The Hall–Kier alpha value is -7.18. The molecule has 3 saturated heterocycles. The number of nitro groups is 3. The second-order valence-electron chi connectivity index (χ2n) is 18.2. The van der Waals surface area contributed by atoms with Crippen molar-refractivity contribution in [2.75, 3.05) is 53.4 Å². The molecule has 4 aliphatic rings. The Morgan fingerprint density at radius 1 is 0.789 bits per heavy atom. The van der Waals surface area contributed by atoms with Crippen LogP contribution < -0.4 is 0 Å². The number of esters is 1. The first kappa shape index (κ1) is 51.7. The third kappa shape index (κ3) is 11.9. The number of amides is 4. The van der Waals surface area contributed by atoms with Crippen LogP contribution in [0.1, 0.15) is 43.4 Å². The standard InChI is InChI=1S/C47H54N8O15S/c1-28-40-39(29(2)56)44(58)52(40)41(45(59)68-25-30-5-11-34(12-6-30)53(62)63)42(28)71-37-21-38(51(24-37)47(61)70-27-32-9-15-36(16-10-32)55(66)67)43(57)50-18-17-33(23-50)22-48(3)19-20-49(4)46(60)69-26-31-7-13-35(14-8-31)54(64)65/h5-16,28-29,33,37-40,56H,17-27H2,1-4H3/t28-,29-,33-,37+,38+,39-,40-/m1/s1. The highest BCUT2D eigenvalue weighted by molar-refractivity contribution is 8.03. The summed E-state index contributed by atoms with van der Waals surface area (Å²) in [4.78, 5) is 109. The molecule has 71 heavy (non-hydrogen) atoms. The summed E-state index contributed by atoms with van der Waals surface area (Å²) in [5.41, 5.74) is 1.21. The van der Waals surface area contributed by atoms with Crippen LogP contribution in [-0.2, 0) is 48.4 Å². The molecule has 3 aromatic carbocycles. The van der Waals surface area contributed by atoms with Crippen molar-refractivity contribution in [1.29, 1.82) is 0 Å². The Bertz CT molecular complexity index is 2560. The van der Waals surface area contributed by atoms with E-state index in [1.54, 1.807) is 11.9 Å².